The second-order valence-electron chi connectivity index (χ2n) is 5.52. The van der Waals surface area contributed by atoms with E-state index in [9.17, 15) is 4.79 Å². The van der Waals surface area contributed by atoms with Gasteiger partial charge in [0.15, 0.2) is 0 Å². The third-order valence-corrected chi connectivity index (χ3v) is 4.44. The summed E-state index contributed by atoms with van der Waals surface area (Å²) in [6.07, 6.45) is 7.00. The molecule has 0 aromatic carbocycles. The summed E-state index contributed by atoms with van der Waals surface area (Å²) >= 11 is 0. The lowest BCUT2D eigenvalue weighted by atomic mass is 9.90. The average molecular weight is 211 g/mol. The van der Waals surface area contributed by atoms with Crippen molar-refractivity contribution in [3.63, 3.8) is 0 Å². The molecule has 86 valence electrons. The van der Waals surface area contributed by atoms with Gasteiger partial charge in [-0.2, -0.15) is 0 Å². The van der Waals surface area contributed by atoms with E-state index in [1.165, 1.54) is 25.7 Å². The standard InChI is InChI=1S/C12H21NO2/c1-2-3-11(4-5-11)6-9-7-12(9,8-13)10(14)15/h9H,2-8,13H2,1H3,(H,14,15). The molecule has 0 spiro atoms. The van der Waals surface area contributed by atoms with E-state index in [1.54, 1.807) is 0 Å². The number of carboxylic acids is 1. The Balaban J connectivity index is 1.91. The van der Waals surface area contributed by atoms with E-state index in [0.717, 1.165) is 12.8 Å². The normalized spacial score (nSPS) is 36.3. The van der Waals surface area contributed by atoms with Crippen LogP contribution in [0.2, 0.25) is 0 Å². The van der Waals surface area contributed by atoms with Crippen molar-refractivity contribution in [3.8, 4) is 0 Å². The molecule has 3 nitrogen and oxygen atoms in total. The molecule has 2 aliphatic rings. The van der Waals surface area contributed by atoms with Gasteiger partial charge in [0.1, 0.15) is 0 Å². The average Bonchev–Trinajstić information content (AvgIpc) is 3.06. The van der Waals surface area contributed by atoms with Crippen molar-refractivity contribution < 1.29 is 9.90 Å². The molecule has 15 heavy (non-hydrogen) atoms. The Morgan fingerprint density at radius 3 is 2.53 bits per heavy atom. The first-order valence-corrected chi connectivity index (χ1v) is 6.02. The van der Waals surface area contributed by atoms with Gasteiger partial charge in [-0.25, -0.2) is 0 Å². The second kappa shape index (κ2) is 3.48. The first-order valence-electron chi connectivity index (χ1n) is 6.02. The van der Waals surface area contributed by atoms with Crippen molar-refractivity contribution in [2.45, 2.75) is 45.4 Å². The van der Waals surface area contributed by atoms with Crippen molar-refractivity contribution in [2.24, 2.45) is 22.5 Å². The smallest absolute Gasteiger partial charge is 0.311 e. The summed E-state index contributed by atoms with van der Waals surface area (Å²) in [6, 6.07) is 0. The Morgan fingerprint density at radius 2 is 2.20 bits per heavy atom. The molecule has 3 N–H and O–H groups in total. The van der Waals surface area contributed by atoms with Gasteiger partial charge in [-0.3, -0.25) is 4.79 Å². The van der Waals surface area contributed by atoms with E-state index in [1.807, 2.05) is 0 Å². The maximum Gasteiger partial charge on any atom is 0.311 e. The molecule has 0 bridgehead atoms. The molecule has 0 aliphatic heterocycles. The van der Waals surface area contributed by atoms with E-state index >= 15 is 0 Å². The van der Waals surface area contributed by atoms with Crippen molar-refractivity contribution in [3.05, 3.63) is 0 Å². The van der Waals surface area contributed by atoms with Gasteiger partial charge in [0.05, 0.1) is 5.41 Å². The van der Waals surface area contributed by atoms with Crippen LogP contribution in [0.5, 0.6) is 0 Å². The highest BCUT2D eigenvalue weighted by atomic mass is 16.4. The topological polar surface area (TPSA) is 63.3 Å². The van der Waals surface area contributed by atoms with Gasteiger partial charge in [0.2, 0.25) is 0 Å². The third kappa shape index (κ3) is 1.78. The number of carbonyl (C=O) groups is 1. The van der Waals surface area contributed by atoms with Gasteiger partial charge in [0.25, 0.3) is 0 Å². The Morgan fingerprint density at radius 1 is 1.53 bits per heavy atom. The molecule has 0 radical (unpaired) electrons. The number of rotatable bonds is 6. The van der Waals surface area contributed by atoms with Crippen molar-refractivity contribution in [2.75, 3.05) is 6.54 Å². The summed E-state index contributed by atoms with van der Waals surface area (Å²) in [5.41, 5.74) is 5.55. The van der Waals surface area contributed by atoms with E-state index in [0.29, 0.717) is 17.9 Å². The number of hydrogen-bond donors (Lipinski definition) is 2. The zero-order valence-corrected chi connectivity index (χ0v) is 9.46. The van der Waals surface area contributed by atoms with Crippen LogP contribution in [-0.4, -0.2) is 17.6 Å². The molecule has 0 aromatic rings. The van der Waals surface area contributed by atoms with Crippen LogP contribution in [0.3, 0.4) is 0 Å². The van der Waals surface area contributed by atoms with Gasteiger partial charge in [-0.05, 0) is 43.4 Å². The Bertz CT molecular complexity index is 273. The van der Waals surface area contributed by atoms with Crippen LogP contribution >= 0.6 is 0 Å². The van der Waals surface area contributed by atoms with E-state index in [4.69, 9.17) is 10.8 Å². The van der Waals surface area contributed by atoms with Crippen molar-refractivity contribution >= 4 is 5.97 Å². The maximum atomic E-state index is 11.1. The lowest BCUT2D eigenvalue weighted by Crippen LogP contribution is -2.27. The molecular weight excluding hydrogens is 190 g/mol. The zero-order valence-electron chi connectivity index (χ0n) is 9.46. The van der Waals surface area contributed by atoms with Crippen molar-refractivity contribution in [1.82, 2.24) is 0 Å². The maximum absolute atomic E-state index is 11.1. The molecule has 2 aliphatic carbocycles. The number of aliphatic carboxylic acids is 1. The van der Waals surface area contributed by atoms with Crippen LogP contribution < -0.4 is 5.73 Å². The Labute approximate surface area is 91.0 Å². The van der Waals surface area contributed by atoms with Crippen LogP contribution in [0.1, 0.15) is 45.4 Å². The van der Waals surface area contributed by atoms with Crippen LogP contribution in [0.15, 0.2) is 0 Å². The second-order valence-corrected chi connectivity index (χ2v) is 5.52. The molecular formula is C12H21NO2. The molecule has 2 atom stereocenters. The molecule has 3 heteroatoms. The van der Waals surface area contributed by atoms with Crippen LogP contribution in [0.4, 0.5) is 0 Å². The first-order chi connectivity index (χ1) is 7.08. The van der Waals surface area contributed by atoms with Gasteiger partial charge >= 0.3 is 5.97 Å². The quantitative estimate of drug-likeness (QED) is 0.706. The highest BCUT2D eigenvalue weighted by Gasteiger charge is 2.62. The fourth-order valence-electron chi connectivity index (χ4n) is 3.03. The molecule has 2 saturated carbocycles. The zero-order chi connectivity index (χ0) is 11.1. The first kappa shape index (κ1) is 10.9. The van der Waals surface area contributed by atoms with E-state index in [2.05, 4.69) is 6.92 Å². The number of nitrogens with two attached hydrogens (primary N) is 1. The van der Waals surface area contributed by atoms with Crippen LogP contribution in [-0.2, 0) is 4.79 Å². The van der Waals surface area contributed by atoms with Gasteiger partial charge in [-0.15, -0.1) is 0 Å². The summed E-state index contributed by atoms with van der Waals surface area (Å²) in [6.45, 7) is 2.52. The number of carboxylic acid groups (broad SMARTS) is 1. The predicted molar refractivity (Wildman–Crippen MR) is 58.4 cm³/mol. The summed E-state index contributed by atoms with van der Waals surface area (Å²) in [4.78, 5) is 11.1. The minimum Gasteiger partial charge on any atom is -0.481 e. The third-order valence-electron chi connectivity index (χ3n) is 4.44. The SMILES string of the molecule is CCCC1(CC2CC2(CN)C(=O)O)CC1. The van der Waals surface area contributed by atoms with Gasteiger partial charge in [-0.1, -0.05) is 13.3 Å². The summed E-state index contributed by atoms with van der Waals surface area (Å²) in [7, 11) is 0. The lowest BCUT2D eigenvalue weighted by Gasteiger charge is -2.15. The van der Waals surface area contributed by atoms with E-state index < -0.39 is 11.4 Å². The molecule has 2 fully saturated rings. The molecule has 2 unspecified atom stereocenters. The van der Waals surface area contributed by atoms with Gasteiger partial charge < -0.3 is 10.8 Å². The molecule has 0 amide bonds. The summed E-state index contributed by atoms with van der Waals surface area (Å²) in [5.74, 6) is -0.323. The summed E-state index contributed by atoms with van der Waals surface area (Å²) in [5, 5.41) is 9.14. The summed E-state index contributed by atoms with van der Waals surface area (Å²) < 4.78 is 0. The van der Waals surface area contributed by atoms with Crippen molar-refractivity contribution in [1.29, 1.82) is 0 Å². The Hall–Kier alpha value is -0.570. The molecule has 0 aromatic heterocycles. The highest BCUT2D eigenvalue weighted by molar-refractivity contribution is 5.79. The Kier molecular flexibility index (Phi) is 2.53. The molecule has 0 heterocycles. The monoisotopic (exact) mass is 211 g/mol. The lowest BCUT2D eigenvalue weighted by molar-refractivity contribution is -0.143. The minimum absolute atomic E-state index is 0.315. The van der Waals surface area contributed by atoms with Crippen LogP contribution in [0, 0.1) is 16.7 Å². The number of hydrogen-bond acceptors (Lipinski definition) is 2. The fraction of sp³-hybridized carbons (Fsp3) is 0.917. The van der Waals surface area contributed by atoms with Gasteiger partial charge in [0, 0.05) is 6.54 Å². The predicted octanol–water partition coefficient (Wildman–Crippen LogP) is 2.01. The molecule has 2 rings (SSSR count). The fourth-order valence-corrected chi connectivity index (χ4v) is 3.03. The van der Waals surface area contributed by atoms with E-state index in [-0.39, 0.29) is 0 Å². The molecule has 0 saturated heterocycles. The largest absolute Gasteiger partial charge is 0.481 e. The van der Waals surface area contributed by atoms with Crippen LogP contribution in [0.25, 0.3) is 0 Å². The highest BCUT2D eigenvalue weighted by Crippen LogP contribution is 2.63. The minimum atomic E-state index is -0.678.